The van der Waals surface area contributed by atoms with Crippen LogP contribution in [0.5, 0.6) is 0 Å². The van der Waals surface area contributed by atoms with Crippen LogP contribution in [0.25, 0.3) is 0 Å². The molecule has 4 heteroatoms. The second-order valence-corrected chi connectivity index (χ2v) is 5.09. The van der Waals surface area contributed by atoms with Crippen molar-refractivity contribution in [2.75, 3.05) is 13.1 Å². The molecule has 1 heterocycles. The molecule has 0 aliphatic carbocycles. The van der Waals surface area contributed by atoms with Crippen LogP contribution in [-0.4, -0.2) is 22.2 Å². The average molecular weight is 253 g/mol. The van der Waals surface area contributed by atoms with E-state index in [1.807, 2.05) is 26.2 Å². The van der Waals surface area contributed by atoms with Crippen LogP contribution in [0.15, 0.2) is 17.2 Å². The lowest BCUT2D eigenvalue weighted by molar-refractivity contribution is 0.526. The number of imidazole rings is 1. The topological polar surface area (TPSA) is 39.0 Å². The van der Waals surface area contributed by atoms with Gasteiger partial charge in [-0.15, -0.1) is 0 Å². The first-order chi connectivity index (χ1) is 8.66. The van der Waals surface area contributed by atoms with Gasteiger partial charge in [0.25, 0.3) is 0 Å². The molecule has 1 aromatic rings. The summed E-state index contributed by atoms with van der Waals surface area (Å²) in [5.41, 5.74) is 0.0952. The first-order valence-electron chi connectivity index (χ1n) is 7.14. The van der Waals surface area contributed by atoms with E-state index in [1.54, 1.807) is 9.13 Å². The third kappa shape index (κ3) is 4.69. The first-order valence-corrected chi connectivity index (χ1v) is 7.14. The Bertz CT molecular complexity index is 379. The molecule has 0 aliphatic heterocycles. The summed E-state index contributed by atoms with van der Waals surface area (Å²) in [5, 5.41) is 3.39. The molecule has 1 rings (SSSR count). The molecule has 0 spiro atoms. The Morgan fingerprint density at radius 2 is 1.94 bits per heavy atom. The van der Waals surface area contributed by atoms with Gasteiger partial charge < -0.3 is 5.32 Å². The summed E-state index contributed by atoms with van der Waals surface area (Å²) >= 11 is 0. The van der Waals surface area contributed by atoms with Gasteiger partial charge in [-0.3, -0.25) is 9.13 Å². The quantitative estimate of drug-likeness (QED) is 0.686. The van der Waals surface area contributed by atoms with Crippen LogP contribution in [0.3, 0.4) is 0 Å². The van der Waals surface area contributed by atoms with E-state index >= 15 is 0 Å². The van der Waals surface area contributed by atoms with Crippen LogP contribution in [-0.2, 0) is 6.54 Å². The number of unbranched alkanes of at least 4 members (excludes halogenated alkanes) is 3. The van der Waals surface area contributed by atoms with Crippen LogP contribution in [0.2, 0.25) is 0 Å². The molecule has 4 nitrogen and oxygen atoms in total. The van der Waals surface area contributed by atoms with Crippen molar-refractivity contribution < 1.29 is 0 Å². The summed E-state index contributed by atoms with van der Waals surface area (Å²) in [7, 11) is 0. The average Bonchev–Trinajstić information content (AvgIpc) is 2.70. The molecular weight excluding hydrogens is 226 g/mol. The summed E-state index contributed by atoms with van der Waals surface area (Å²) in [6.07, 6.45) is 8.87. The van der Waals surface area contributed by atoms with Gasteiger partial charge in [0.05, 0.1) is 0 Å². The Labute approximate surface area is 110 Å². The largest absolute Gasteiger partial charge is 0.328 e. The molecule has 0 saturated heterocycles. The minimum absolute atomic E-state index is 0.0952. The van der Waals surface area contributed by atoms with E-state index < -0.39 is 0 Å². The predicted molar refractivity (Wildman–Crippen MR) is 76.1 cm³/mol. The van der Waals surface area contributed by atoms with Crippen LogP contribution in [0.4, 0.5) is 0 Å². The fraction of sp³-hybridized carbons (Fsp3) is 0.786. The van der Waals surface area contributed by atoms with E-state index in [1.165, 1.54) is 25.7 Å². The van der Waals surface area contributed by atoms with Gasteiger partial charge in [0, 0.05) is 31.5 Å². The fourth-order valence-corrected chi connectivity index (χ4v) is 1.99. The zero-order valence-corrected chi connectivity index (χ0v) is 12.0. The Hall–Kier alpha value is -1.03. The van der Waals surface area contributed by atoms with Gasteiger partial charge >= 0.3 is 5.69 Å². The zero-order valence-electron chi connectivity index (χ0n) is 12.0. The van der Waals surface area contributed by atoms with Crippen molar-refractivity contribution in [2.24, 2.45) is 0 Å². The van der Waals surface area contributed by atoms with E-state index in [-0.39, 0.29) is 11.7 Å². The van der Waals surface area contributed by atoms with Crippen molar-refractivity contribution in [2.45, 2.75) is 59.0 Å². The van der Waals surface area contributed by atoms with Crippen molar-refractivity contribution in [3.05, 3.63) is 22.9 Å². The molecule has 0 aromatic carbocycles. The lowest BCUT2D eigenvalue weighted by atomic mass is 10.2. The Morgan fingerprint density at radius 3 is 2.56 bits per heavy atom. The standard InChI is InChI=1S/C14H27N3O/c1-4-5-6-7-8-15-9-10-16-11-12-17(13(2)3)14(16)18/h11-13,15H,4-10H2,1-3H3. The SMILES string of the molecule is CCCCCCNCCn1ccn(C(C)C)c1=O. The molecule has 1 N–H and O–H groups in total. The van der Waals surface area contributed by atoms with Crippen molar-refractivity contribution in [1.82, 2.24) is 14.5 Å². The summed E-state index contributed by atoms with van der Waals surface area (Å²) in [5.74, 6) is 0. The molecule has 0 fully saturated rings. The van der Waals surface area contributed by atoms with Gasteiger partial charge in [-0.25, -0.2) is 4.79 Å². The molecule has 0 unspecified atom stereocenters. The smallest absolute Gasteiger partial charge is 0.315 e. The highest BCUT2D eigenvalue weighted by atomic mass is 16.1. The fourth-order valence-electron chi connectivity index (χ4n) is 1.99. The minimum atomic E-state index is 0.0952. The van der Waals surface area contributed by atoms with E-state index in [4.69, 9.17) is 0 Å². The second-order valence-electron chi connectivity index (χ2n) is 5.09. The maximum Gasteiger partial charge on any atom is 0.328 e. The Kier molecular flexibility index (Phi) is 6.80. The van der Waals surface area contributed by atoms with Crippen molar-refractivity contribution in [3.63, 3.8) is 0 Å². The van der Waals surface area contributed by atoms with Gasteiger partial charge in [-0.05, 0) is 26.8 Å². The number of nitrogens with zero attached hydrogens (tertiary/aromatic N) is 2. The predicted octanol–water partition coefficient (Wildman–Crippen LogP) is 2.40. The van der Waals surface area contributed by atoms with Crippen LogP contribution in [0, 0.1) is 0 Å². The molecule has 0 radical (unpaired) electrons. The lowest BCUT2D eigenvalue weighted by Crippen LogP contribution is -2.29. The summed E-state index contributed by atoms with van der Waals surface area (Å²) in [6, 6.07) is 0.237. The first kappa shape index (κ1) is 15.0. The highest BCUT2D eigenvalue weighted by Crippen LogP contribution is 1.99. The molecule has 0 aliphatic rings. The summed E-state index contributed by atoms with van der Waals surface area (Å²) < 4.78 is 3.54. The summed E-state index contributed by atoms with van der Waals surface area (Å²) in [4.78, 5) is 11.9. The molecule has 18 heavy (non-hydrogen) atoms. The molecule has 104 valence electrons. The van der Waals surface area contributed by atoms with Crippen LogP contribution >= 0.6 is 0 Å². The monoisotopic (exact) mass is 253 g/mol. The molecule has 0 saturated carbocycles. The lowest BCUT2D eigenvalue weighted by Gasteiger charge is -2.06. The van der Waals surface area contributed by atoms with Gasteiger partial charge in [0.2, 0.25) is 0 Å². The molecule has 1 aromatic heterocycles. The third-order valence-corrected chi connectivity index (χ3v) is 3.17. The number of aromatic nitrogens is 2. The molecular formula is C14H27N3O. The van der Waals surface area contributed by atoms with Crippen molar-refractivity contribution in [1.29, 1.82) is 0 Å². The maximum atomic E-state index is 11.9. The Balaban J connectivity index is 2.22. The summed E-state index contributed by atoms with van der Waals surface area (Å²) in [6.45, 7) is 8.95. The normalized spacial score (nSPS) is 11.3. The molecule has 0 amide bonds. The van der Waals surface area contributed by atoms with E-state index in [9.17, 15) is 4.79 Å². The Morgan fingerprint density at radius 1 is 1.17 bits per heavy atom. The van der Waals surface area contributed by atoms with Crippen molar-refractivity contribution >= 4 is 0 Å². The van der Waals surface area contributed by atoms with Gasteiger partial charge in [-0.2, -0.15) is 0 Å². The van der Waals surface area contributed by atoms with Crippen LogP contribution in [0.1, 0.15) is 52.5 Å². The zero-order chi connectivity index (χ0) is 13.4. The highest BCUT2D eigenvalue weighted by molar-refractivity contribution is 4.83. The van der Waals surface area contributed by atoms with Crippen LogP contribution < -0.4 is 11.0 Å². The third-order valence-electron chi connectivity index (χ3n) is 3.17. The van der Waals surface area contributed by atoms with E-state index in [0.29, 0.717) is 0 Å². The molecule has 0 bridgehead atoms. The minimum Gasteiger partial charge on any atom is -0.315 e. The second kappa shape index (κ2) is 8.14. The number of nitrogens with one attached hydrogen (secondary N) is 1. The highest BCUT2D eigenvalue weighted by Gasteiger charge is 2.04. The van der Waals surface area contributed by atoms with Gasteiger partial charge in [-0.1, -0.05) is 26.2 Å². The van der Waals surface area contributed by atoms with Gasteiger partial charge in [0.1, 0.15) is 0 Å². The van der Waals surface area contributed by atoms with E-state index in [2.05, 4.69) is 12.2 Å². The van der Waals surface area contributed by atoms with E-state index in [0.717, 1.165) is 19.6 Å². The number of hydrogen-bond acceptors (Lipinski definition) is 2. The molecule has 0 atom stereocenters. The van der Waals surface area contributed by atoms with Gasteiger partial charge in [0.15, 0.2) is 0 Å². The number of hydrogen-bond donors (Lipinski definition) is 1. The maximum absolute atomic E-state index is 11.9. The van der Waals surface area contributed by atoms with Crippen molar-refractivity contribution in [3.8, 4) is 0 Å². The number of rotatable bonds is 9.